The lowest BCUT2D eigenvalue weighted by atomic mass is 10.3. The number of H-pyrrole nitrogens is 1. The first kappa shape index (κ1) is 14.7. The van der Waals surface area contributed by atoms with E-state index in [2.05, 4.69) is 25.4 Å². The molecule has 0 saturated carbocycles. The molecule has 0 atom stereocenters. The van der Waals surface area contributed by atoms with Gasteiger partial charge in [0.05, 0.1) is 24.9 Å². The van der Waals surface area contributed by atoms with Crippen LogP contribution in [0.15, 0.2) is 29.3 Å². The van der Waals surface area contributed by atoms with Crippen LogP contribution in [-0.4, -0.2) is 37.6 Å². The molecule has 0 aliphatic carbocycles. The molecule has 0 bridgehead atoms. The van der Waals surface area contributed by atoms with Gasteiger partial charge in [0.25, 0.3) is 11.5 Å². The van der Waals surface area contributed by atoms with Crippen molar-refractivity contribution in [2.24, 2.45) is 0 Å². The Morgan fingerprint density at radius 1 is 1.35 bits per heavy atom. The molecule has 0 unspecified atom stereocenters. The van der Waals surface area contributed by atoms with E-state index in [1.807, 2.05) is 6.92 Å². The van der Waals surface area contributed by atoms with Gasteiger partial charge >= 0.3 is 6.01 Å². The summed E-state index contributed by atoms with van der Waals surface area (Å²) in [6.45, 7) is 1.96. The summed E-state index contributed by atoms with van der Waals surface area (Å²) in [5.74, 6) is -0.361. The van der Waals surface area contributed by atoms with E-state index in [4.69, 9.17) is 4.74 Å². The molecule has 3 rings (SSSR count). The predicted octanol–water partition coefficient (Wildman–Crippen LogP) is 0.0596. The van der Waals surface area contributed by atoms with Crippen molar-refractivity contribution in [2.75, 3.05) is 7.11 Å². The molecule has 0 aliphatic heterocycles. The third-order valence-corrected chi connectivity index (χ3v) is 3.13. The van der Waals surface area contributed by atoms with E-state index in [9.17, 15) is 9.59 Å². The molecule has 0 aromatic carbocycles. The van der Waals surface area contributed by atoms with Gasteiger partial charge in [0.15, 0.2) is 5.65 Å². The van der Waals surface area contributed by atoms with Crippen molar-refractivity contribution in [3.05, 3.63) is 51.8 Å². The van der Waals surface area contributed by atoms with E-state index in [0.29, 0.717) is 16.9 Å². The third-order valence-electron chi connectivity index (χ3n) is 3.13. The summed E-state index contributed by atoms with van der Waals surface area (Å²) in [5, 5.41) is 5.55. The highest BCUT2D eigenvalue weighted by atomic mass is 16.5. The minimum Gasteiger partial charge on any atom is -0.467 e. The molecule has 0 saturated heterocycles. The number of methoxy groups -OCH3 is 1. The molecule has 2 N–H and O–H groups in total. The molecule has 23 heavy (non-hydrogen) atoms. The molecular formula is C14H14N6O3. The number of ether oxygens (including phenoxy) is 1. The van der Waals surface area contributed by atoms with Gasteiger partial charge in [-0.15, -0.1) is 0 Å². The molecule has 9 nitrogen and oxygen atoms in total. The van der Waals surface area contributed by atoms with Crippen molar-refractivity contribution in [3.8, 4) is 6.01 Å². The largest absolute Gasteiger partial charge is 0.467 e. The summed E-state index contributed by atoms with van der Waals surface area (Å²) < 4.78 is 6.18. The normalized spacial score (nSPS) is 10.7. The van der Waals surface area contributed by atoms with Crippen molar-refractivity contribution in [3.63, 3.8) is 0 Å². The number of aromatic amines is 1. The predicted molar refractivity (Wildman–Crippen MR) is 80.3 cm³/mol. The maximum absolute atomic E-state index is 12.0. The van der Waals surface area contributed by atoms with Crippen LogP contribution in [-0.2, 0) is 6.54 Å². The Kier molecular flexibility index (Phi) is 3.75. The zero-order valence-electron chi connectivity index (χ0n) is 12.5. The average molecular weight is 314 g/mol. The minimum atomic E-state index is -0.361. The highest BCUT2D eigenvalue weighted by Gasteiger charge is 2.09. The monoisotopic (exact) mass is 314 g/mol. The van der Waals surface area contributed by atoms with Crippen LogP contribution in [0.2, 0.25) is 0 Å². The van der Waals surface area contributed by atoms with Gasteiger partial charge in [0.1, 0.15) is 0 Å². The molecule has 0 radical (unpaired) electrons. The second kappa shape index (κ2) is 5.87. The lowest BCUT2D eigenvalue weighted by Crippen LogP contribution is -2.25. The number of nitrogens with one attached hydrogen (secondary N) is 2. The molecule has 3 aromatic rings. The number of rotatable bonds is 4. The van der Waals surface area contributed by atoms with Gasteiger partial charge in [-0.25, -0.2) is 19.5 Å². The lowest BCUT2D eigenvalue weighted by Gasteiger charge is -2.05. The van der Waals surface area contributed by atoms with Crippen LogP contribution in [0.25, 0.3) is 5.65 Å². The highest BCUT2D eigenvalue weighted by Crippen LogP contribution is 2.03. The van der Waals surface area contributed by atoms with Gasteiger partial charge in [-0.2, -0.15) is 0 Å². The Morgan fingerprint density at radius 2 is 2.09 bits per heavy atom. The van der Waals surface area contributed by atoms with Crippen molar-refractivity contribution >= 4 is 11.6 Å². The van der Waals surface area contributed by atoms with Crippen LogP contribution in [0, 0.1) is 6.92 Å². The lowest BCUT2D eigenvalue weighted by molar-refractivity contribution is 0.0949. The van der Waals surface area contributed by atoms with Gasteiger partial charge in [0, 0.05) is 30.2 Å². The molecular weight excluding hydrogens is 300 g/mol. The Morgan fingerprint density at radius 3 is 2.78 bits per heavy atom. The Bertz CT molecular complexity index is 912. The van der Waals surface area contributed by atoms with Crippen molar-refractivity contribution in [1.82, 2.24) is 29.9 Å². The molecule has 3 aromatic heterocycles. The molecule has 0 aliphatic rings. The highest BCUT2D eigenvalue weighted by molar-refractivity contribution is 5.93. The van der Waals surface area contributed by atoms with E-state index >= 15 is 0 Å². The van der Waals surface area contributed by atoms with E-state index in [-0.39, 0.29) is 24.0 Å². The third kappa shape index (κ3) is 3.03. The summed E-state index contributed by atoms with van der Waals surface area (Å²) in [6, 6.07) is 3.31. The number of hydrogen-bond acceptors (Lipinski definition) is 6. The number of carbonyl (C=O) groups excluding carboxylic acids is 1. The summed E-state index contributed by atoms with van der Waals surface area (Å²) in [7, 11) is 1.44. The van der Waals surface area contributed by atoms with Crippen LogP contribution in [0.1, 0.15) is 21.7 Å². The van der Waals surface area contributed by atoms with Crippen LogP contribution in [0.5, 0.6) is 6.01 Å². The van der Waals surface area contributed by atoms with E-state index in [1.54, 1.807) is 6.07 Å². The number of amides is 1. The summed E-state index contributed by atoms with van der Waals surface area (Å²) in [4.78, 5) is 36.0. The van der Waals surface area contributed by atoms with E-state index < -0.39 is 0 Å². The Balaban J connectivity index is 1.74. The number of aryl methyl sites for hydroxylation is 1. The zero-order valence-corrected chi connectivity index (χ0v) is 12.5. The van der Waals surface area contributed by atoms with Crippen LogP contribution < -0.4 is 15.6 Å². The quantitative estimate of drug-likeness (QED) is 0.704. The number of carbonyl (C=O) groups is 1. The molecule has 0 fully saturated rings. The maximum atomic E-state index is 12.0. The molecule has 3 heterocycles. The summed E-state index contributed by atoms with van der Waals surface area (Å²) in [5.41, 5.74) is 1.86. The van der Waals surface area contributed by atoms with Crippen LogP contribution >= 0.6 is 0 Å². The van der Waals surface area contributed by atoms with Crippen molar-refractivity contribution in [2.45, 2.75) is 13.5 Å². The topological polar surface area (TPSA) is 114 Å². The fraction of sp³-hybridized carbons (Fsp3) is 0.214. The molecule has 1 amide bonds. The smallest absolute Gasteiger partial charge is 0.316 e. The molecule has 118 valence electrons. The van der Waals surface area contributed by atoms with E-state index in [1.165, 1.54) is 30.1 Å². The zero-order chi connectivity index (χ0) is 16.4. The second-order valence-electron chi connectivity index (χ2n) is 4.86. The SMILES string of the molecule is COc1ncc(C(=O)NCc2cc(=O)n3[nH]c(C)cc3n2)cn1. The first-order valence-electron chi connectivity index (χ1n) is 6.79. The van der Waals surface area contributed by atoms with Gasteiger partial charge in [-0.05, 0) is 6.92 Å². The first-order chi connectivity index (χ1) is 11.1. The number of nitrogens with zero attached hydrogens (tertiary/aromatic N) is 4. The van der Waals surface area contributed by atoms with Gasteiger partial charge in [-0.1, -0.05) is 0 Å². The standard InChI is InChI=1S/C14H14N6O3/c1-8-3-11-18-10(4-12(21)20(11)19-8)7-15-13(22)9-5-16-14(23-2)17-6-9/h3-6,19H,7H2,1-2H3,(H,15,22). The summed E-state index contributed by atoms with van der Waals surface area (Å²) in [6.07, 6.45) is 2.73. The molecule has 9 heteroatoms. The van der Waals surface area contributed by atoms with Crippen LogP contribution in [0.4, 0.5) is 0 Å². The average Bonchev–Trinajstić information content (AvgIpc) is 2.93. The van der Waals surface area contributed by atoms with Crippen molar-refractivity contribution in [1.29, 1.82) is 0 Å². The Hall–Kier alpha value is -3.23. The fourth-order valence-corrected chi connectivity index (χ4v) is 2.06. The first-order valence-corrected chi connectivity index (χ1v) is 6.79. The van der Waals surface area contributed by atoms with Gasteiger partial charge < -0.3 is 10.1 Å². The number of fused-ring (bicyclic) bond motifs is 1. The van der Waals surface area contributed by atoms with Crippen molar-refractivity contribution < 1.29 is 9.53 Å². The Labute approximate surface area is 130 Å². The number of hydrogen-bond donors (Lipinski definition) is 2. The fourth-order valence-electron chi connectivity index (χ4n) is 2.06. The second-order valence-corrected chi connectivity index (χ2v) is 4.86. The minimum absolute atomic E-state index is 0.126. The number of aromatic nitrogens is 5. The molecule has 0 spiro atoms. The van der Waals surface area contributed by atoms with Crippen LogP contribution in [0.3, 0.4) is 0 Å². The van der Waals surface area contributed by atoms with Gasteiger partial charge in [-0.3, -0.25) is 14.7 Å². The summed E-state index contributed by atoms with van der Waals surface area (Å²) >= 11 is 0. The van der Waals surface area contributed by atoms with Gasteiger partial charge in [0.2, 0.25) is 0 Å². The van der Waals surface area contributed by atoms with E-state index in [0.717, 1.165) is 5.69 Å². The maximum Gasteiger partial charge on any atom is 0.316 e.